The van der Waals surface area contributed by atoms with Gasteiger partial charge in [0.1, 0.15) is 10.4 Å². The van der Waals surface area contributed by atoms with Crippen LogP contribution in [0.2, 0.25) is 0 Å². The molecule has 0 bridgehead atoms. The van der Waals surface area contributed by atoms with E-state index in [4.69, 9.17) is 4.74 Å². The molecule has 0 unspecified atom stereocenters. The zero-order chi connectivity index (χ0) is 19.2. The summed E-state index contributed by atoms with van der Waals surface area (Å²) >= 11 is 1.42. The molecule has 0 spiro atoms. The summed E-state index contributed by atoms with van der Waals surface area (Å²) in [5, 5.41) is 3.68. The molecule has 142 valence electrons. The van der Waals surface area contributed by atoms with Gasteiger partial charge in [-0.2, -0.15) is 0 Å². The van der Waals surface area contributed by atoms with Gasteiger partial charge in [-0.1, -0.05) is 0 Å². The Bertz CT molecular complexity index is 973. The topological polar surface area (TPSA) is 82.3 Å². The van der Waals surface area contributed by atoms with Gasteiger partial charge in [0.2, 0.25) is 0 Å². The van der Waals surface area contributed by atoms with Gasteiger partial charge in [0.25, 0.3) is 5.56 Å². The number of thiophene rings is 1. The molecule has 2 aromatic heterocycles. The summed E-state index contributed by atoms with van der Waals surface area (Å²) in [4.78, 5) is 38.8. The Labute approximate surface area is 155 Å². The molecule has 1 aliphatic carbocycles. The quantitative estimate of drug-likeness (QED) is 0.802. The van der Waals surface area contributed by atoms with Crippen LogP contribution in [0.1, 0.15) is 50.1 Å². The molecule has 1 N–H and O–H groups in total. The molecule has 1 fully saturated rings. The average molecular weight is 379 g/mol. The number of hydrogen-bond acceptors (Lipinski definition) is 6. The van der Waals surface area contributed by atoms with E-state index in [0.717, 1.165) is 23.3 Å². The second-order valence-corrected chi connectivity index (χ2v) is 8.85. The van der Waals surface area contributed by atoms with Crippen molar-refractivity contribution in [2.24, 2.45) is 7.05 Å². The number of aromatic nitrogens is 2. The SMILES string of the molecule is Cc1c(CNCC(=O)OC(C)(C)C)sc2c1c(=O)n(C1CC1)c(=O)n2C. The summed E-state index contributed by atoms with van der Waals surface area (Å²) in [7, 11) is 1.71. The Morgan fingerprint density at radius 2 is 1.96 bits per heavy atom. The molecular formula is C18H25N3O4S. The summed E-state index contributed by atoms with van der Waals surface area (Å²) in [6, 6.07) is 0.0404. The minimum atomic E-state index is -0.515. The number of rotatable bonds is 5. The number of esters is 1. The van der Waals surface area contributed by atoms with Crippen LogP contribution < -0.4 is 16.6 Å². The lowest BCUT2D eigenvalue weighted by molar-refractivity contribution is -0.153. The molecule has 26 heavy (non-hydrogen) atoms. The minimum absolute atomic E-state index is 0.0404. The van der Waals surface area contributed by atoms with E-state index >= 15 is 0 Å². The van der Waals surface area contributed by atoms with E-state index in [9.17, 15) is 14.4 Å². The van der Waals surface area contributed by atoms with Crippen LogP contribution in [0.4, 0.5) is 0 Å². The molecule has 2 heterocycles. The van der Waals surface area contributed by atoms with Crippen molar-refractivity contribution in [2.75, 3.05) is 6.54 Å². The number of carbonyl (C=O) groups is 1. The van der Waals surface area contributed by atoms with Crippen molar-refractivity contribution < 1.29 is 9.53 Å². The smallest absolute Gasteiger partial charge is 0.332 e. The van der Waals surface area contributed by atoms with Gasteiger partial charge in [0.05, 0.1) is 11.9 Å². The van der Waals surface area contributed by atoms with Crippen molar-refractivity contribution in [3.05, 3.63) is 31.3 Å². The van der Waals surface area contributed by atoms with Gasteiger partial charge >= 0.3 is 11.7 Å². The fourth-order valence-electron chi connectivity index (χ4n) is 2.97. The standard InChI is InChI=1S/C18H25N3O4S/c1-10-12(8-19-9-13(22)25-18(2,3)4)26-16-14(10)15(23)21(11-6-7-11)17(24)20(16)5/h11,19H,6-9H2,1-5H3. The Balaban J connectivity index is 1.85. The second kappa shape index (κ2) is 6.66. The molecule has 3 rings (SSSR count). The third-order valence-corrected chi connectivity index (χ3v) is 5.71. The fourth-order valence-corrected chi connectivity index (χ4v) is 4.19. The number of fused-ring (bicyclic) bond motifs is 1. The first-order valence-electron chi connectivity index (χ1n) is 8.76. The molecule has 7 nitrogen and oxygen atoms in total. The Hall–Kier alpha value is -1.93. The maximum atomic E-state index is 12.8. The first-order chi connectivity index (χ1) is 12.1. The highest BCUT2D eigenvalue weighted by molar-refractivity contribution is 7.18. The average Bonchev–Trinajstić information content (AvgIpc) is 3.28. The van der Waals surface area contributed by atoms with Crippen molar-refractivity contribution >= 4 is 27.5 Å². The normalized spacial score (nSPS) is 14.8. The van der Waals surface area contributed by atoms with E-state index in [-0.39, 0.29) is 29.8 Å². The van der Waals surface area contributed by atoms with E-state index in [0.29, 0.717) is 16.8 Å². The van der Waals surface area contributed by atoms with Crippen LogP contribution in [0, 0.1) is 6.92 Å². The first kappa shape index (κ1) is 18.8. The molecule has 0 saturated heterocycles. The van der Waals surface area contributed by atoms with Gasteiger partial charge in [0.15, 0.2) is 0 Å². The number of aryl methyl sites for hydroxylation is 2. The highest BCUT2D eigenvalue weighted by Crippen LogP contribution is 2.34. The van der Waals surface area contributed by atoms with E-state index in [1.807, 2.05) is 27.7 Å². The van der Waals surface area contributed by atoms with Crippen LogP contribution in [0.25, 0.3) is 10.2 Å². The Morgan fingerprint density at radius 1 is 1.31 bits per heavy atom. The van der Waals surface area contributed by atoms with Crippen LogP contribution >= 0.6 is 11.3 Å². The zero-order valence-electron chi connectivity index (χ0n) is 15.8. The van der Waals surface area contributed by atoms with Gasteiger partial charge in [-0.15, -0.1) is 11.3 Å². The van der Waals surface area contributed by atoms with Gasteiger partial charge in [-0.05, 0) is 46.1 Å². The largest absolute Gasteiger partial charge is 0.459 e. The number of hydrogen-bond donors (Lipinski definition) is 1. The number of nitrogens with one attached hydrogen (secondary N) is 1. The van der Waals surface area contributed by atoms with Crippen LogP contribution in [0.5, 0.6) is 0 Å². The van der Waals surface area contributed by atoms with Gasteiger partial charge in [-0.3, -0.25) is 18.7 Å². The molecule has 0 aromatic carbocycles. The van der Waals surface area contributed by atoms with E-state index in [2.05, 4.69) is 5.32 Å². The third-order valence-electron chi connectivity index (χ3n) is 4.34. The molecule has 0 atom stereocenters. The third kappa shape index (κ3) is 3.61. The van der Waals surface area contributed by atoms with Crippen molar-refractivity contribution in [1.29, 1.82) is 0 Å². The Kier molecular flexibility index (Phi) is 4.83. The van der Waals surface area contributed by atoms with Gasteiger partial charge < -0.3 is 10.1 Å². The predicted octanol–water partition coefficient (Wildman–Crippen LogP) is 1.84. The maximum absolute atomic E-state index is 12.8. The second-order valence-electron chi connectivity index (χ2n) is 7.77. The molecule has 0 amide bonds. The highest BCUT2D eigenvalue weighted by atomic mass is 32.1. The van der Waals surface area contributed by atoms with Crippen molar-refractivity contribution in [3.8, 4) is 0 Å². The van der Waals surface area contributed by atoms with Crippen LogP contribution in [0.3, 0.4) is 0 Å². The van der Waals surface area contributed by atoms with E-state index < -0.39 is 5.60 Å². The summed E-state index contributed by atoms with van der Waals surface area (Å²) in [6.45, 7) is 7.91. The fraction of sp³-hybridized carbons (Fsp3) is 0.611. The number of nitrogens with zero attached hydrogens (tertiary/aromatic N) is 2. The first-order valence-corrected chi connectivity index (χ1v) is 9.58. The molecular weight excluding hydrogens is 354 g/mol. The van der Waals surface area contributed by atoms with Crippen molar-refractivity contribution in [1.82, 2.24) is 14.5 Å². The van der Waals surface area contributed by atoms with Gasteiger partial charge in [-0.25, -0.2) is 4.79 Å². The van der Waals surface area contributed by atoms with Crippen molar-refractivity contribution in [2.45, 2.75) is 58.7 Å². The lowest BCUT2D eigenvalue weighted by Crippen LogP contribution is -2.38. The van der Waals surface area contributed by atoms with Crippen LogP contribution in [0.15, 0.2) is 9.59 Å². The molecule has 1 saturated carbocycles. The Morgan fingerprint density at radius 3 is 2.54 bits per heavy atom. The predicted molar refractivity (Wildman–Crippen MR) is 102 cm³/mol. The van der Waals surface area contributed by atoms with E-state index in [1.165, 1.54) is 15.9 Å². The monoisotopic (exact) mass is 379 g/mol. The van der Waals surface area contributed by atoms with Crippen molar-refractivity contribution in [3.63, 3.8) is 0 Å². The molecule has 2 aromatic rings. The van der Waals surface area contributed by atoms with Crippen LogP contribution in [-0.2, 0) is 23.1 Å². The number of ether oxygens (including phenoxy) is 1. The molecule has 8 heteroatoms. The molecule has 0 radical (unpaired) electrons. The molecule has 1 aliphatic rings. The maximum Gasteiger partial charge on any atom is 0.332 e. The molecule has 0 aliphatic heterocycles. The summed E-state index contributed by atoms with van der Waals surface area (Å²) in [5.74, 6) is -0.320. The highest BCUT2D eigenvalue weighted by Gasteiger charge is 2.29. The summed E-state index contributed by atoms with van der Waals surface area (Å²) in [6.07, 6.45) is 1.77. The number of carbonyl (C=O) groups excluding carboxylic acids is 1. The minimum Gasteiger partial charge on any atom is -0.459 e. The zero-order valence-corrected chi connectivity index (χ0v) is 16.7. The lowest BCUT2D eigenvalue weighted by Gasteiger charge is -2.19. The van der Waals surface area contributed by atoms with Crippen LogP contribution in [-0.4, -0.2) is 27.2 Å². The summed E-state index contributed by atoms with van der Waals surface area (Å²) < 4.78 is 8.22. The lowest BCUT2D eigenvalue weighted by atomic mass is 10.2. The van der Waals surface area contributed by atoms with E-state index in [1.54, 1.807) is 11.6 Å². The van der Waals surface area contributed by atoms with Gasteiger partial charge in [0, 0.05) is 24.5 Å². The summed E-state index contributed by atoms with van der Waals surface area (Å²) in [5.41, 5.74) is -0.0905.